The van der Waals surface area contributed by atoms with Gasteiger partial charge >= 0.3 is 0 Å². The molecular weight excluding hydrogens is 496 g/mol. The van der Waals surface area contributed by atoms with Crippen LogP contribution in [0, 0.1) is 0 Å². The van der Waals surface area contributed by atoms with Crippen LogP contribution in [-0.4, -0.2) is 19.1 Å². The molecule has 0 fully saturated rings. The van der Waals surface area contributed by atoms with E-state index < -0.39 is 0 Å². The molecule has 0 aliphatic heterocycles. The van der Waals surface area contributed by atoms with Gasteiger partial charge in [-0.05, 0) is 48.5 Å². The molecule has 0 atom stereocenters. The van der Waals surface area contributed by atoms with Gasteiger partial charge < -0.3 is 0 Å². The van der Waals surface area contributed by atoms with Gasteiger partial charge in [0, 0.05) is 43.5 Å². The topological polar surface area (TPSA) is 35.6 Å². The molecule has 5 heterocycles. The summed E-state index contributed by atoms with van der Waals surface area (Å²) in [6, 6.07) is 40.8. The summed E-state index contributed by atoms with van der Waals surface area (Å²) >= 11 is 1.84. The lowest BCUT2D eigenvalue weighted by molar-refractivity contribution is 1.11. The smallest absolute Gasteiger partial charge is 0.149 e. The molecule has 182 valence electrons. The molecule has 0 unspecified atom stereocenters. The highest BCUT2D eigenvalue weighted by Gasteiger charge is 2.21. The van der Waals surface area contributed by atoms with Crippen molar-refractivity contribution in [2.75, 3.05) is 0 Å². The largest absolute Gasteiger partial charge is 0.294 e. The first-order chi connectivity index (χ1) is 19.4. The summed E-state index contributed by atoms with van der Waals surface area (Å²) in [5.41, 5.74) is 7.28. The van der Waals surface area contributed by atoms with E-state index in [1.54, 1.807) is 0 Å². The molecule has 39 heavy (non-hydrogen) atoms. The number of aromatic nitrogens is 4. The van der Waals surface area contributed by atoms with E-state index in [2.05, 4.69) is 118 Å². The van der Waals surface area contributed by atoms with Crippen molar-refractivity contribution in [3.8, 4) is 11.4 Å². The molecule has 0 N–H and O–H groups in total. The number of benzene rings is 4. The van der Waals surface area contributed by atoms with Gasteiger partial charge in [-0.3, -0.25) is 14.1 Å². The van der Waals surface area contributed by atoms with E-state index in [1.165, 1.54) is 25.6 Å². The van der Waals surface area contributed by atoms with Gasteiger partial charge in [0.05, 0.1) is 26.9 Å². The monoisotopic (exact) mass is 516 g/mol. The number of hydrogen-bond donors (Lipinski definition) is 0. The first kappa shape index (κ1) is 21.0. The minimum absolute atomic E-state index is 0.918. The number of thiophene rings is 1. The lowest BCUT2D eigenvalue weighted by Crippen LogP contribution is -1.98. The summed E-state index contributed by atoms with van der Waals surface area (Å²) in [5, 5.41) is 5.94. The second-order valence-electron chi connectivity index (χ2n) is 9.88. The summed E-state index contributed by atoms with van der Waals surface area (Å²) in [5.74, 6) is 0. The summed E-state index contributed by atoms with van der Waals surface area (Å²) in [6.45, 7) is 0. The first-order valence-electron chi connectivity index (χ1n) is 13.0. The zero-order valence-corrected chi connectivity index (χ0v) is 21.6. The molecule has 9 aromatic rings. The van der Waals surface area contributed by atoms with Crippen LogP contribution in [0.15, 0.2) is 121 Å². The van der Waals surface area contributed by atoms with Crippen molar-refractivity contribution in [1.29, 1.82) is 0 Å². The summed E-state index contributed by atoms with van der Waals surface area (Å²) in [6.07, 6.45) is 1.88. The fraction of sp³-hybridized carbons (Fsp3) is 0. The molecule has 0 aliphatic carbocycles. The van der Waals surface area contributed by atoms with Crippen LogP contribution in [0.5, 0.6) is 0 Å². The Bertz CT molecular complexity index is 2390. The molecule has 0 saturated heterocycles. The highest BCUT2D eigenvalue weighted by molar-refractivity contribution is 7.26. The van der Waals surface area contributed by atoms with E-state index in [0.717, 1.165) is 50.0 Å². The summed E-state index contributed by atoms with van der Waals surface area (Å²) in [4.78, 5) is 10.3. The van der Waals surface area contributed by atoms with E-state index in [1.807, 2.05) is 23.6 Å². The normalized spacial score (nSPS) is 12.1. The van der Waals surface area contributed by atoms with Crippen molar-refractivity contribution in [3.63, 3.8) is 0 Å². The Morgan fingerprint density at radius 1 is 0.538 bits per heavy atom. The minimum Gasteiger partial charge on any atom is -0.294 e. The van der Waals surface area contributed by atoms with E-state index >= 15 is 0 Å². The van der Waals surface area contributed by atoms with Gasteiger partial charge in [-0.1, -0.05) is 66.7 Å². The standard InChI is InChI=1S/C34H20N4S/c1-2-10-21(11-3-1)37-27-15-6-4-12-22(27)25-20-26-31-28(17-9-19-35-31)38(34(26)36-33(25)37)29-16-8-14-24-23-13-5-7-18-30(23)39-32(24)29/h1-20H. The van der Waals surface area contributed by atoms with Crippen molar-refractivity contribution in [2.24, 2.45) is 0 Å². The van der Waals surface area contributed by atoms with Gasteiger partial charge in [-0.2, -0.15) is 0 Å². The van der Waals surface area contributed by atoms with Crippen molar-refractivity contribution >= 4 is 75.5 Å². The molecule has 4 nitrogen and oxygen atoms in total. The number of hydrogen-bond acceptors (Lipinski definition) is 3. The van der Waals surface area contributed by atoms with Crippen LogP contribution >= 0.6 is 11.3 Å². The molecule has 0 aliphatic rings. The maximum absolute atomic E-state index is 5.46. The molecule has 4 aromatic carbocycles. The van der Waals surface area contributed by atoms with Gasteiger partial charge in [-0.25, -0.2) is 4.98 Å². The molecule has 5 heteroatoms. The van der Waals surface area contributed by atoms with Gasteiger partial charge in [0.25, 0.3) is 0 Å². The van der Waals surface area contributed by atoms with Gasteiger partial charge in [-0.15, -0.1) is 11.3 Å². The van der Waals surface area contributed by atoms with Crippen LogP contribution in [0.1, 0.15) is 0 Å². The third-order valence-electron chi connectivity index (χ3n) is 7.76. The first-order valence-corrected chi connectivity index (χ1v) is 13.8. The molecule has 0 saturated carbocycles. The van der Waals surface area contributed by atoms with Crippen LogP contribution in [-0.2, 0) is 0 Å². The molecule has 5 aromatic heterocycles. The Morgan fingerprint density at radius 2 is 1.28 bits per heavy atom. The molecule has 0 radical (unpaired) electrons. The van der Waals surface area contributed by atoms with Crippen molar-refractivity contribution < 1.29 is 0 Å². The zero-order chi connectivity index (χ0) is 25.5. The van der Waals surface area contributed by atoms with Crippen LogP contribution in [0.25, 0.3) is 75.6 Å². The number of para-hydroxylation sites is 2. The molecule has 0 amide bonds. The Hall–Kier alpha value is -5.00. The highest BCUT2D eigenvalue weighted by Crippen LogP contribution is 2.41. The minimum atomic E-state index is 0.918. The molecule has 0 spiro atoms. The number of fused-ring (bicyclic) bond motifs is 9. The maximum Gasteiger partial charge on any atom is 0.149 e. The van der Waals surface area contributed by atoms with Crippen molar-refractivity contribution in [1.82, 2.24) is 19.1 Å². The van der Waals surface area contributed by atoms with Crippen LogP contribution < -0.4 is 0 Å². The fourth-order valence-corrected chi connectivity index (χ4v) is 7.31. The Morgan fingerprint density at radius 3 is 2.21 bits per heavy atom. The van der Waals surface area contributed by atoms with E-state index in [-0.39, 0.29) is 0 Å². The lowest BCUT2D eigenvalue weighted by atomic mass is 10.1. The predicted octanol–water partition coefficient (Wildman–Crippen LogP) is 9.04. The van der Waals surface area contributed by atoms with Crippen LogP contribution in [0.3, 0.4) is 0 Å². The lowest BCUT2D eigenvalue weighted by Gasteiger charge is -2.10. The second-order valence-corrected chi connectivity index (χ2v) is 10.9. The average Bonchev–Trinajstić information content (AvgIpc) is 3.64. The number of pyridine rings is 2. The molecular formula is C34H20N4S. The van der Waals surface area contributed by atoms with Crippen LogP contribution in [0.2, 0.25) is 0 Å². The van der Waals surface area contributed by atoms with Gasteiger partial charge in [0.15, 0.2) is 0 Å². The van der Waals surface area contributed by atoms with Crippen molar-refractivity contribution in [2.45, 2.75) is 0 Å². The fourth-order valence-electron chi connectivity index (χ4n) is 6.11. The second kappa shape index (κ2) is 7.76. The molecule has 9 rings (SSSR count). The zero-order valence-electron chi connectivity index (χ0n) is 20.7. The van der Waals surface area contributed by atoms with Gasteiger partial charge in [0.2, 0.25) is 0 Å². The summed E-state index contributed by atoms with van der Waals surface area (Å²) < 4.78 is 7.13. The van der Waals surface area contributed by atoms with Crippen molar-refractivity contribution in [3.05, 3.63) is 121 Å². The van der Waals surface area contributed by atoms with Crippen LogP contribution in [0.4, 0.5) is 0 Å². The number of nitrogens with zero attached hydrogens (tertiary/aromatic N) is 4. The third-order valence-corrected chi connectivity index (χ3v) is 8.97. The highest BCUT2D eigenvalue weighted by atomic mass is 32.1. The van der Waals surface area contributed by atoms with E-state index in [4.69, 9.17) is 9.97 Å². The Kier molecular flexibility index (Phi) is 4.18. The average molecular weight is 517 g/mol. The van der Waals surface area contributed by atoms with E-state index in [9.17, 15) is 0 Å². The number of rotatable bonds is 2. The molecule has 0 bridgehead atoms. The third kappa shape index (κ3) is 2.82. The SMILES string of the molecule is c1ccc(-n2c3ccccc3c3cc4c5ncccc5n(-c5cccc6c5sc5ccccc56)c4nc32)cc1. The maximum atomic E-state index is 5.46. The Balaban J connectivity index is 1.48. The summed E-state index contributed by atoms with van der Waals surface area (Å²) in [7, 11) is 0. The van der Waals surface area contributed by atoms with E-state index in [0.29, 0.717) is 0 Å². The predicted molar refractivity (Wildman–Crippen MR) is 164 cm³/mol. The quantitative estimate of drug-likeness (QED) is 0.230. The van der Waals surface area contributed by atoms with Gasteiger partial charge in [0.1, 0.15) is 11.3 Å². The Labute approximate surface area is 227 Å².